The van der Waals surface area contributed by atoms with E-state index in [1.165, 1.54) is 11.8 Å². The molecule has 2 amide bonds. The molecule has 0 aliphatic carbocycles. The number of rotatable bonds is 6. The van der Waals surface area contributed by atoms with Crippen LogP contribution in [0.3, 0.4) is 0 Å². The third kappa shape index (κ3) is 5.06. The fourth-order valence-corrected chi connectivity index (χ4v) is 3.05. The van der Waals surface area contributed by atoms with Gasteiger partial charge in [0.05, 0.1) is 12.1 Å². The van der Waals surface area contributed by atoms with E-state index in [9.17, 15) is 14.4 Å². The second kappa shape index (κ2) is 8.96. The number of para-hydroxylation sites is 2. The standard InChI is InChI=1S/C21H21ClN2O5/c1-13-7-8-15(22)11-16(13)23-21(27)14(2)29-20(26)9-10-24-17-5-3-4-6-18(17)28-12-19(24)25/h3-8,11,14H,9-10,12H2,1-2H3,(H,23,27)/t14-/m1/s1. The van der Waals surface area contributed by atoms with Gasteiger partial charge in [0.15, 0.2) is 12.7 Å². The van der Waals surface area contributed by atoms with E-state index in [0.717, 1.165) is 5.56 Å². The lowest BCUT2D eigenvalue weighted by Crippen LogP contribution is -2.40. The first-order valence-corrected chi connectivity index (χ1v) is 9.51. The molecule has 2 aromatic rings. The minimum atomic E-state index is -0.992. The Labute approximate surface area is 173 Å². The molecule has 0 saturated heterocycles. The molecular formula is C21H21ClN2O5. The van der Waals surface area contributed by atoms with Crippen molar-refractivity contribution in [3.05, 3.63) is 53.1 Å². The Morgan fingerprint density at radius 3 is 2.83 bits per heavy atom. The van der Waals surface area contributed by atoms with Gasteiger partial charge in [-0.2, -0.15) is 0 Å². The largest absolute Gasteiger partial charge is 0.482 e. The first-order valence-electron chi connectivity index (χ1n) is 9.14. The third-order valence-corrected chi connectivity index (χ3v) is 4.72. The molecule has 7 nitrogen and oxygen atoms in total. The number of halogens is 1. The number of aryl methyl sites for hydroxylation is 1. The van der Waals surface area contributed by atoms with Crippen molar-refractivity contribution >= 4 is 40.8 Å². The summed E-state index contributed by atoms with van der Waals surface area (Å²) in [4.78, 5) is 38.1. The number of nitrogens with zero attached hydrogens (tertiary/aromatic N) is 1. The number of carbonyl (C=O) groups is 3. The topological polar surface area (TPSA) is 84.9 Å². The van der Waals surface area contributed by atoms with Crippen LogP contribution in [-0.2, 0) is 19.1 Å². The highest BCUT2D eigenvalue weighted by atomic mass is 35.5. The lowest BCUT2D eigenvalue weighted by atomic mass is 10.2. The molecule has 1 N–H and O–H groups in total. The lowest BCUT2D eigenvalue weighted by Gasteiger charge is -2.29. The summed E-state index contributed by atoms with van der Waals surface area (Å²) in [5.74, 6) is -0.687. The summed E-state index contributed by atoms with van der Waals surface area (Å²) in [7, 11) is 0. The van der Waals surface area contributed by atoms with E-state index in [4.69, 9.17) is 21.1 Å². The number of amides is 2. The van der Waals surface area contributed by atoms with Crippen molar-refractivity contribution in [1.29, 1.82) is 0 Å². The fourth-order valence-electron chi connectivity index (χ4n) is 2.88. The van der Waals surface area contributed by atoms with Crippen LogP contribution in [0.4, 0.5) is 11.4 Å². The Balaban J connectivity index is 1.54. The number of esters is 1. The van der Waals surface area contributed by atoms with Crippen molar-refractivity contribution in [2.24, 2.45) is 0 Å². The van der Waals surface area contributed by atoms with Crippen molar-refractivity contribution in [2.75, 3.05) is 23.4 Å². The quantitative estimate of drug-likeness (QED) is 0.730. The molecule has 0 radical (unpaired) electrons. The van der Waals surface area contributed by atoms with Gasteiger partial charge in [-0.1, -0.05) is 29.8 Å². The molecule has 152 valence electrons. The van der Waals surface area contributed by atoms with Crippen LogP contribution in [-0.4, -0.2) is 37.0 Å². The SMILES string of the molecule is Cc1ccc(Cl)cc1NC(=O)[C@@H](C)OC(=O)CCN1C(=O)COc2ccccc21. The summed E-state index contributed by atoms with van der Waals surface area (Å²) >= 11 is 5.95. The number of hydrogen-bond donors (Lipinski definition) is 1. The van der Waals surface area contributed by atoms with Gasteiger partial charge in [-0.3, -0.25) is 14.4 Å². The first kappa shape index (κ1) is 20.7. The highest BCUT2D eigenvalue weighted by Gasteiger charge is 2.26. The second-order valence-corrected chi connectivity index (χ2v) is 7.07. The van der Waals surface area contributed by atoms with Gasteiger partial charge >= 0.3 is 5.97 Å². The highest BCUT2D eigenvalue weighted by molar-refractivity contribution is 6.31. The number of ether oxygens (including phenoxy) is 2. The van der Waals surface area contributed by atoms with Gasteiger partial charge in [0.1, 0.15) is 5.75 Å². The van der Waals surface area contributed by atoms with Crippen LogP contribution in [0.2, 0.25) is 5.02 Å². The van der Waals surface area contributed by atoms with E-state index in [2.05, 4.69) is 5.32 Å². The van der Waals surface area contributed by atoms with E-state index in [1.54, 1.807) is 36.4 Å². The second-order valence-electron chi connectivity index (χ2n) is 6.63. The molecule has 1 atom stereocenters. The molecule has 29 heavy (non-hydrogen) atoms. The van der Waals surface area contributed by atoms with Crippen molar-refractivity contribution in [2.45, 2.75) is 26.4 Å². The predicted molar refractivity (Wildman–Crippen MR) is 109 cm³/mol. The smallest absolute Gasteiger partial charge is 0.308 e. The molecule has 1 aliphatic heterocycles. The van der Waals surface area contributed by atoms with Gasteiger partial charge in [0, 0.05) is 17.3 Å². The zero-order chi connectivity index (χ0) is 21.0. The number of carbonyl (C=O) groups excluding carboxylic acids is 3. The van der Waals surface area contributed by atoms with Crippen LogP contribution in [0.1, 0.15) is 18.9 Å². The molecule has 0 bridgehead atoms. The zero-order valence-electron chi connectivity index (χ0n) is 16.1. The number of hydrogen-bond acceptors (Lipinski definition) is 5. The number of fused-ring (bicyclic) bond motifs is 1. The van der Waals surface area contributed by atoms with Crippen molar-refractivity contribution < 1.29 is 23.9 Å². The molecule has 1 heterocycles. The summed E-state index contributed by atoms with van der Waals surface area (Å²) in [5, 5.41) is 3.19. The molecule has 0 fully saturated rings. The molecule has 1 aliphatic rings. The van der Waals surface area contributed by atoms with Crippen LogP contribution in [0.25, 0.3) is 0 Å². The Morgan fingerprint density at radius 1 is 1.28 bits per heavy atom. The van der Waals surface area contributed by atoms with Gasteiger partial charge in [0.2, 0.25) is 0 Å². The maximum Gasteiger partial charge on any atom is 0.308 e. The maximum absolute atomic E-state index is 12.3. The number of nitrogens with one attached hydrogen (secondary N) is 1. The minimum absolute atomic E-state index is 0.0477. The fraction of sp³-hybridized carbons (Fsp3) is 0.286. The van der Waals surface area contributed by atoms with Gasteiger partial charge in [-0.05, 0) is 43.7 Å². The van der Waals surface area contributed by atoms with Crippen LogP contribution < -0.4 is 15.0 Å². The zero-order valence-corrected chi connectivity index (χ0v) is 16.9. The number of anilines is 2. The van der Waals surface area contributed by atoms with Crippen LogP contribution in [0, 0.1) is 6.92 Å². The summed E-state index contributed by atoms with van der Waals surface area (Å²) in [5.41, 5.74) is 2.01. The lowest BCUT2D eigenvalue weighted by molar-refractivity contribution is -0.153. The van der Waals surface area contributed by atoms with Gasteiger partial charge in [-0.15, -0.1) is 0 Å². The summed E-state index contributed by atoms with van der Waals surface area (Å²) < 4.78 is 10.6. The minimum Gasteiger partial charge on any atom is -0.482 e. The predicted octanol–water partition coefficient (Wildman–Crippen LogP) is 3.33. The Morgan fingerprint density at radius 2 is 2.03 bits per heavy atom. The monoisotopic (exact) mass is 416 g/mol. The molecule has 0 saturated carbocycles. The summed E-state index contributed by atoms with van der Waals surface area (Å²) in [6, 6.07) is 12.2. The average Bonchev–Trinajstić information content (AvgIpc) is 2.69. The maximum atomic E-state index is 12.3. The molecule has 3 rings (SSSR count). The highest BCUT2D eigenvalue weighted by Crippen LogP contribution is 2.31. The summed E-state index contributed by atoms with van der Waals surface area (Å²) in [6.07, 6.45) is -1.04. The van der Waals surface area contributed by atoms with Crippen molar-refractivity contribution in [1.82, 2.24) is 0 Å². The molecular weight excluding hydrogens is 396 g/mol. The van der Waals surface area contributed by atoms with Gasteiger partial charge in [0.25, 0.3) is 11.8 Å². The molecule has 8 heteroatoms. The van der Waals surface area contributed by atoms with E-state index in [0.29, 0.717) is 22.1 Å². The normalized spacial score (nSPS) is 13.9. The molecule has 0 unspecified atom stereocenters. The van der Waals surface area contributed by atoms with E-state index in [1.807, 2.05) is 13.0 Å². The van der Waals surface area contributed by atoms with Gasteiger partial charge < -0.3 is 19.7 Å². The van der Waals surface area contributed by atoms with E-state index >= 15 is 0 Å². The van der Waals surface area contributed by atoms with Crippen LogP contribution in [0.5, 0.6) is 5.75 Å². The average molecular weight is 417 g/mol. The first-order chi connectivity index (χ1) is 13.8. The van der Waals surface area contributed by atoms with Crippen molar-refractivity contribution in [3.8, 4) is 5.75 Å². The van der Waals surface area contributed by atoms with E-state index in [-0.39, 0.29) is 25.5 Å². The Hall–Kier alpha value is -3.06. The molecule has 0 aromatic heterocycles. The molecule has 0 spiro atoms. The van der Waals surface area contributed by atoms with E-state index < -0.39 is 18.0 Å². The number of benzene rings is 2. The molecule has 2 aromatic carbocycles. The summed E-state index contributed by atoms with van der Waals surface area (Å²) in [6.45, 7) is 3.38. The Bertz CT molecular complexity index is 946. The van der Waals surface area contributed by atoms with Crippen LogP contribution in [0.15, 0.2) is 42.5 Å². The van der Waals surface area contributed by atoms with Gasteiger partial charge in [-0.25, -0.2) is 0 Å². The Kier molecular flexibility index (Phi) is 6.39. The third-order valence-electron chi connectivity index (χ3n) is 4.48. The van der Waals surface area contributed by atoms with Crippen molar-refractivity contribution in [3.63, 3.8) is 0 Å². The van der Waals surface area contributed by atoms with Crippen LogP contribution >= 0.6 is 11.6 Å².